The smallest absolute Gasteiger partial charge is 0.226 e. The summed E-state index contributed by atoms with van der Waals surface area (Å²) in [5.41, 5.74) is 0.824. The van der Waals surface area contributed by atoms with Crippen LogP contribution in [0.3, 0.4) is 0 Å². The summed E-state index contributed by atoms with van der Waals surface area (Å²) in [5.74, 6) is 0.838. The molecule has 1 fully saturated rings. The number of hydrogen-bond acceptors (Lipinski definition) is 7. The summed E-state index contributed by atoms with van der Waals surface area (Å²) in [7, 11) is 0. The second-order valence-corrected chi connectivity index (χ2v) is 6.56. The van der Waals surface area contributed by atoms with E-state index in [2.05, 4.69) is 15.1 Å². The van der Waals surface area contributed by atoms with Crippen molar-refractivity contribution in [2.75, 3.05) is 26.2 Å². The number of aliphatic hydroxyl groups is 1. The molecule has 0 unspecified atom stereocenters. The molecule has 0 aliphatic carbocycles. The van der Waals surface area contributed by atoms with Crippen LogP contribution < -0.4 is 0 Å². The minimum atomic E-state index is -0.723. The summed E-state index contributed by atoms with van der Waals surface area (Å²) < 4.78 is 5.23. The molecule has 3 rings (SSSR count). The van der Waals surface area contributed by atoms with Crippen molar-refractivity contribution >= 4 is 11.8 Å². The molecule has 0 bridgehead atoms. The molecule has 9 heteroatoms. The molecule has 0 saturated carbocycles. The number of pyridine rings is 1. The van der Waals surface area contributed by atoms with Gasteiger partial charge in [-0.25, -0.2) is 0 Å². The molecule has 2 amide bonds. The van der Waals surface area contributed by atoms with Crippen molar-refractivity contribution in [2.24, 2.45) is 0 Å². The number of rotatable bonds is 5. The Balaban J connectivity index is 1.48. The summed E-state index contributed by atoms with van der Waals surface area (Å²) in [6, 6.07) is 3.60. The zero-order valence-electron chi connectivity index (χ0n) is 15.2. The van der Waals surface area contributed by atoms with E-state index in [4.69, 9.17) is 4.52 Å². The van der Waals surface area contributed by atoms with E-state index < -0.39 is 6.10 Å². The topological polar surface area (TPSA) is 113 Å². The van der Waals surface area contributed by atoms with Crippen molar-refractivity contribution < 1.29 is 19.2 Å². The number of β-amino-alcohol motifs (C(OH)–C–C–N with tert-alkyl or cyclic N) is 1. The van der Waals surface area contributed by atoms with Gasteiger partial charge >= 0.3 is 0 Å². The molecule has 1 N–H and O–H groups in total. The Hall–Kier alpha value is -2.81. The van der Waals surface area contributed by atoms with Crippen LogP contribution in [0.25, 0.3) is 11.4 Å². The molecule has 2 aromatic heterocycles. The molecule has 2 aromatic rings. The largest absolute Gasteiger partial charge is 0.389 e. The maximum Gasteiger partial charge on any atom is 0.226 e. The van der Waals surface area contributed by atoms with Gasteiger partial charge in [0.05, 0.1) is 6.10 Å². The van der Waals surface area contributed by atoms with Crippen molar-refractivity contribution in [1.82, 2.24) is 24.9 Å². The molecule has 0 radical (unpaired) electrons. The maximum atomic E-state index is 12.4. The molecule has 144 valence electrons. The van der Waals surface area contributed by atoms with E-state index in [9.17, 15) is 14.7 Å². The number of aromatic nitrogens is 3. The molecule has 3 heterocycles. The fraction of sp³-hybridized carbons (Fsp3) is 0.500. The number of hydrogen-bond donors (Lipinski definition) is 1. The van der Waals surface area contributed by atoms with Gasteiger partial charge in [-0.1, -0.05) is 5.16 Å². The molecule has 1 saturated heterocycles. The van der Waals surface area contributed by atoms with Gasteiger partial charge in [-0.05, 0) is 18.6 Å². The van der Waals surface area contributed by atoms with E-state index in [1.807, 2.05) is 0 Å². The molecule has 27 heavy (non-hydrogen) atoms. The Labute approximate surface area is 157 Å². The SMILES string of the molecule is CC(=O)N1CCN(C(=O)CCCc2nc(-c3ccncc3)no2)C[C@@H](O)C1. The van der Waals surface area contributed by atoms with E-state index in [0.717, 1.165) is 5.56 Å². The Bertz CT molecular complexity index is 779. The predicted molar refractivity (Wildman–Crippen MR) is 95.3 cm³/mol. The highest BCUT2D eigenvalue weighted by Gasteiger charge is 2.25. The Kier molecular flexibility index (Phi) is 6.12. The normalized spacial score (nSPS) is 17.6. The molecule has 1 aliphatic rings. The quantitative estimate of drug-likeness (QED) is 0.812. The molecule has 9 nitrogen and oxygen atoms in total. The fourth-order valence-corrected chi connectivity index (χ4v) is 3.03. The first-order valence-corrected chi connectivity index (χ1v) is 8.97. The van der Waals surface area contributed by atoms with Gasteiger partial charge in [-0.15, -0.1) is 0 Å². The van der Waals surface area contributed by atoms with Crippen LogP contribution in [-0.2, 0) is 16.0 Å². The summed E-state index contributed by atoms with van der Waals surface area (Å²) in [5, 5.41) is 14.0. The van der Waals surface area contributed by atoms with E-state index in [-0.39, 0.29) is 24.9 Å². The third-order valence-corrected chi connectivity index (χ3v) is 4.49. The highest BCUT2D eigenvalue weighted by atomic mass is 16.5. The summed E-state index contributed by atoms with van der Waals surface area (Å²) in [6.45, 7) is 2.85. The van der Waals surface area contributed by atoms with Crippen molar-refractivity contribution in [3.63, 3.8) is 0 Å². The van der Waals surface area contributed by atoms with Gasteiger partial charge in [0.25, 0.3) is 0 Å². The Morgan fingerprint density at radius 2 is 1.93 bits per heavy atom. The second kappa shape index (κ2) is 8.72. The zero-order valence-corrected chi connectivity index (χ0v) is 15.2. The van der Waals surface area contributed by atoms with Crippen LogP contribution in [0, 0.1) is 0 Å². The first-order chi connectivity index (χ1) is 13.0. The highest BCUT2D eigenvalue weighted by molar-refractivity contribution is 5.77. The van der Waals surface area contributed by atoms with Gasteiger partial charge in [0.2, 0.25) is 23.5 Å². The van der Waals surface area contributed by atoms with Gasteiger partial charge in [-0.3, -0.25) is 14.6 Å². The van der Waals surface area contributed by atoms with E-state index in [1.165, 1.54) is 6.92 Å². The summed E-state index contributed by atoms with van der Waals surface area (Å²) >= 11 is 0. The van der Waals surface area contributed by atoms with E-state index in [1.54, 1.807) is 34.3 Å². The number of aliphatic hydroxyl groups excluding tert-OH is 1. The molecular formula is C18H23N5O4. The molecule has 0 aromatic carbocycles. The lowest BCUT2D eigenvalue weighted by Gasteiger charge is -2.21. The standard InChI is InChI=1S/C18H23N5O4/c1-13(24)22-9-10-23(12-15(25)11-22)17(26)4-2-3-16-20-18(21-27-16)14-5-7-19-8-6-14/h5-8,15,25H,2-4,9-12H2,1H3/t15-/m0/s1. The molecular weight excluding hydrogens is 350 g/mol. The van der Waals surface area contributed by atoms with Crippen LogP contribution in [0.2, 0.25) is 0 Å². The van der Waals surface area contributed by atoms with Crippen LogP contribution in [0.5, 0.6) is 0 Å². The van der Waals surface area contributed by atoms with Crippen molar-refractivity contribution in [1.29, 1.82) is 0 Å². The third kappa shape index (κ3) is 5.10. The zero-order chi connectivity index (χ0) is 19.2. The van der Waals surface area contributed by atoms with Crippen LogP contribution >= 0.6 is 0 Å². The van der Waals surface area contributed by atoms with Crippen LogP contribution in [0.1, 0.15) is 25.7 Å². The third-order valence-electron chi connectivity index (χ3n) is 4.49. The van der Waals surface area contributed by atoms with E-state index in [0.29, 0.717) is 44.1 Å². The minimum absolute atomic E-state index is 0.0478. The first-order valence-electron chi connectivity index (χ1n) is 8.97. The van der Waals surface area contributed by atoms with E-state index >= 15 is 0 Å². The van der Waals surface area contributed by atoms with Gasteiger partial charge in [0.1, 0.15) is 0 Å². The second-order valence-electron chi connectivity index (χ2n) is 6.56. The number of aryl methyl sites for hydroxylation is 1. The van der Waals surface area contributed by atoms with Gasteiger partial charge < -0.3 is 19.4 Å². The van der Waals surface area contributed by atoms with Crippen molar-refractivity contribution in [3.05, 3.63) is 30.4 Å². The summed E-state index contributed by atoms with van der Waals surface area (Å²) in [6.07, 6.45) is 3.98. The lowest BCUT2D eigenvalue weighted by Crippen LogP contribution is -2.37. The van der Waals surface area contributed by atoms with Crippen molar-refractivity contribution in [2.45, 2.75) is 32.3 Å². The first kappa shape index (κ1) is 19.0. The van der Waals surface area contributed by atoms with Crippen LogP contribution in [0.15, 0.2) is 29.0 Å². The van der Waals surface area contributed by atoms with Crippen molar-refractivity contribution in [3.8, 4) is 11.4 Å². The average molecular weight is 373 g/mol. The summed E-state index contributed by atoms with van der Waals surface area (Å²) in [4.78, 5) is 35.4. The lowest BCUT2D eigenvalue weighted by molar-refractivity contribution is -0.132. The maximum absolute atomic E-state index is 12.4. The minimum Gasteiger partial charge on any atom is -0.389 e. The fourth-order valence-electron chi connectivity index (χ4n) is 3.03. The van der Waals surface area contributed by atoms with Gasteiger partial charge in [-0.2, -0.15) is 4.98 Å². The average Bonchev–Trinajstić information content (AvgIpc) is 3.03. The Morgan fingerprint density at radius 3 is 2.67 bits per heavy atom. The lowest BCUT2D eigenvalue weighted by atomic mass is 10.2. The monoisotopic (exact) mass is 373 g/mol. The number of nitrogens with zero attached hydrogens (tertiary/aromatic N) is 5. The highest BCUT2D eigenvalue weighted by Crippen LogP contribution is 2.15. The predicted octanol–water partition coefficient (Wildman–Crippen LogP) is 0.506. The Morgan fingerprint density at radius 1 is 1.22 bits per heavy atom. The number of carbonyl (C=O) groups excluding carboxylic acids is 2. The number of amides is 2. The van der Waals surface area contributed by atoms with Crippen LogP contribution in [-0.4, -0.2) is 74.1 Å². The molecule has 1 atom stereocenters. The van der Waals surface area contributed by atoms with Gasteiger partial charge in [0, 0.05) is 63.9 Å². The molecule has 0 spiro atoms. The van der Waals surface area contributed by atoms with Gasteiger partial charge in [0.15, 0.2) is 0 Å². The number of carbonyl (C=O) groups is 2. The van der Waals surface area contributed by atoms with Crippen LogP contribution in [0.4, 0.5) is 0 Å². The molecule has 1 aliphatic heterocycles.